The van der Waals surface area contributed by atoms with Gasteiger partial charge in [-0.1, -0.05) is 18.2 Å². The van der Waals surface area contributed by atoms with Crippen molar-refractivity contribution in [2.24, 2.45) is 0 Å². The predicted molar refractivity (Wildman–Crippen MR) is 94.4 cm³/mol. The summed E-state index contributed by atoms with van der Waals surface area (Å²) in [5.74, 6) is 0.187. The second-order valence-corrected chi connectivity index (χ2v) is 7.23. The van der Waals surface area contributed by atoms with E-state index in [-0.39, 0.29) is 17.0 Å². The molecule has 134 valence electrons. The van der Waals surface area contributed by atoms with E-state index < -0.39 is 16.0 Å². The minimum Gasteiger partial charge on any atom is -0.497 e. The SMILES string of the molecule is COC(=O)c1cc(S(=O)(=O)NCCc2ccc(OC)cc2)ccc1C. The van der Waals surface area contributed by atoms with E-state index in [9.17, 15) is 13.2 Å². The largest absolute Gasteiger partial charge is 0.497 e. The Kier molecular flexibility index (Phi) is 6.17. The van der Waals surface area contributed by atoms with Crippen LogP contribution in [0.5, 0.6) is 5.75 Å². The Bertz CT molecular complexity index is 844. The van der Waals surface area contributed by atoms with Crippen molar-refractivity contribution in [2.45, 2.75) is 18.2 Å². The van der Waals surface area contributed by atoms with Crippen molar-refractivity contribution in [1.82, 2.24) is 4.72 Å². The number of sulfonamides is 1. The molecule has 0 heterocycles. The quantitative estimate of drug-likeness (QED) is 0.764. The molecule has 0 saturated heterocycles. The van der Waals surface area contributed by atoms with Gasteiger partial charge in [-0.25, -0.2) is 17.9 Å². The summed E-state index contributed by atoms with van der Waals surface area (Å²) < 4.78 is 37.1. The van der Waals surface area contributed by atoms with Crippen LogP contribution in [0, 0.1) is 6.92 Å². The Hall–Kier alpha value is -2.38. The zero-order valence-corrected chi connectivity index (χ0v) is 15.2. The van der Waals surface area contributed by atoms with E-state index in [4.69, 9.17) is 4.74 Å². The van der Waals surface area contributed by atoms with Crippen molar-refractivity contribution in [1.29, 1.82) is 0 Å². The summed E-state index contributed by atoms with van der Waals surface area (Å²) >= 11 is 0. The van der Waals surface area contributed by atoms with Crippen LogP contribution in [0.4, 0.5) is 0 Å². The lowest BCUT2D eigenvalue weighted by atomic mass is 10.1. The lowest BCUT2D eigenvalue weighted by Gasteiger charge is -2.10. The first-order valence-corrected chi connectivity index (χ1v) is 9.17. The number of aryl methyl sites for hydroxylation is 1. The van der Waals surface area contributed by atoms with Crippen LogP contribution >= 0.6 is 0 Å². The highest BCUT2D eigenvalue weighted by Gasteiger charge is 2.18. The molecule has 0 bridgehead atoms. The number of rotatable bonds is 7. The van der Waals surface area contributed by atoms with Crippen molar-refractivity contribution >= 4 is 16.0 Å². The zero-order chi connectivity index (χ0) is 18.4. The molecule has 0 atom stereocenters. The Morgan fingerprint density at radius 2 is 1.76 bits per heavy atom. The summed E-state index contributed by atoms with van der Waals surface area (Å²) in [4.78, 5) is 11.8. The molecule has 7 heteroatoms. The number of hydrogen-bond donors (Lipinski definition) is 1. The fourth-order valence-corrected chi connectivity index (χ4v) is 3.36. The first-order chi connectivity index (χ1) is 11.9. The number of methoxy groups -OCH3 is 2. The number of carbonyl (C=O) groups excluding carboxylic acids is 1. The highest BCUT2D eigenvalue weighted by atomic mass is 32.2. The number of ether oxygens (including phenoxy) is 2. The van der Waals surface area contributed by atoms with Crippen LogP contribution in [-0.4, -0.2) is 35.2 Å². The van der Waals surface area contributed by atoms with Crippen molar-refractivity contribution in [3.63, 3.8) is 0 Å². The molecule has 0 aromatic heterocycles. The normalized spacial score (nSPS) is 11.2. The second kappa shape index (κ2) is 8.13. The van der Waals surface area contributed by atoms with E-state index in [1.54, 1.807) is 20.1 Å². The first kappa shape index (κ1) is 19.0. The van der Waals surface area contributed by atoms with Crippen molar-refractivity contribution in [3.05, 3.63) is 59.2 Å². The lowest BCUT2D eigenvalue weighted by molar-refractivity contribution is 0.0599. The van der Waals surface area contributed by atoms with E-state index in [0.29, 0.717) is 12.0 Å². The molecule has 2 rings (SSSR count). The first-order valence-electron chi connectivity index (χ1n) is 7.69. The molecule has 0 saturated carbocycles. The molecule has 2 aromatic rings. The maximum absolute atomic E-state index is 12.4. The molecule has 25 heavy (non-hydrogen) atoms. The number of esters is 1. The number of nitrogens with one attached hydrogen (secondary N) is 1. The van der Waals surface area contributed by atoms with Crippen LogP contribution in [0.2, 0.25) is 0 Å². The predicted octanol–water partition coefficient (Wildman–Crippen LogP) is 2.31. The minimum atomic E-state index is -3.71. The Morgan fingerprint density at radius 1 is 1.08 bits per heavy atom. The van der Waals surface area contributed by atoms with Gasteiger partial charge in [-0.3, -0.25) is 0 Å². The van der Waals surface area contributed by atoms with Gasteiger partial charge >= 0.3 is 5.97 Å². The van der Waals surface area contributed by atoms with E-state index in [2.05, 4.69) is 9.46 Å². The number of hydrogen-bond acceptors (Lipinski definition) is 5. The average Bonchev–Trinajstić information content (AvgIpc) is 2.61. The van der Waals surface area contributed by atoms with Gasteiger partial charge in [0.2, 0.25) is 10.0 Å². The molecule has 2 aromatic carbocycles. The highest BCUT2D eigenvalue weighted by molar-refractivity contribution is 7.89. The highest BCUT2D eigenvalue weighted by Crippen LogP contribution is 2.17. The molecule has 0 amide bonds. The summed E-state index contributed by atoms with van der Waals surface area (Å²) in [7, 11) is -0.856. The van der Waals surface area contributed by atoms with Crippen LogP contribution < -0.4 is 9.46 Å². The molecule has 0 aliphatic heterocycles. The lowest BCUT2D eigenvalue weighted by Crippen LogP contribution is -2.26. The van der Waals surface area contributed by atoms with Gasteiger partial charge in [0.05, 0.1) is 24.7 Å². The minimum absolute atomic E-state index is 0.0354. The fraction of sp³-hybridized carbons (Fsp3) is 0.278. The average molecular weight is 363 g/mol. The fourth-order valence-electron chi connectivity index (χ4n) is 2.30. The van der Waals surface area contributed by atoms with Gasteiger partial charge in [-0.05, 0) is 48.7 Å². The van der Waals surface area contributed by atoms with Gasteiger partial charge in [0, 0.05) is 6.54 Å². The molecule has 1 N–H and O–H groups in total. The third kappa shape index (κ3) is 4.80. The van der Waals surface area contributed by atoms with Crippen molar-refractivity contribution in [2.75, 3.05) is 20.8 Å². The van der Waals surface area contributed by atoms with Crippen molar-refractivity contribution < 1.29 is 22.7 Å². The van der Waals surface area contributed by atoms with Crippen molar-refractivity contribution in [3.8, 4) is 5.75 Å². The van der Waals surface area contributed by atoms with Gasteiger partial charge in [0.15, 0.2) is 0 Å². The smallest absolute Gasteiger partial charge is 0.338 e. The standard InChI is InChI=1S/C18H21NO5S/c1-13-4-9-16(12-17(13)18(20)24-3)25(21,22)19-11-10-14-5-7-15(23-2)8-6-14/h4-9,12,19H,10-11H2,1-3H3. The second-order valence-electron chi connectivity index (χ2n) is 5.46. The Balaban J connectivity index is 2.07. The van der Waals surface area contributed by atoms with Crippen LogP contribution in [0.3, 0.4) is 0 Å². The van der Waals surface area contributed by atoms with Gasteiger partial charge in [0.25, 0.3) is 0 Å². The molecule has 0 spiro atoms. The monoisotopic (exact) mass is 363 g/mol. The molecule has 0 unspecified atom stereocenters. The topological polar surface area (TPSA) is 81.7 Å². The van der Waals surface area contributed by atoms with Gasteiger partial charge in [-0.15, -0.1) is 0 Å². The summed E-state index contributed by atoms with van der Waals surface area (Å²) in [6.45, 7) is 1.97. The van der Waals surface area contributed by atoms with Gasteiger partial charge < -0.3 is 9.47 Å². The molecular weight excluding hydrogens is 342 g/mol. The maximum atomic E-state index is 12.4. The van der Waals surface area contributed by atoms with Crippen LogP contribution in [-0.2, 0) is 21.2 Å². The van der Waals surface area contributed by atoms with E-state index in [1.807, 2.05) is 24.3 Å². The number of carbonyl (C=O) groups is 1. The Labute approximate surface area is 147 Å². The zero-order valence-electron chi connectivity index (χ0n) is 14.4. The molecule has 0 aliphatic rings. The van der Waals surface area contributed by atoms with Crippen LogP contribution in [0.25, 0.3) is 0 Å². The summed E-state index contributed by atoms with van der Waals surface area (Å²) in [6.07, 6.45) is 0.541. The van der Waals surface area contributed by atoms with E-state index in [1.165, 1.54) is 19.2 Å². The third-order valence-corrected chi connectivity index (χ3v) is 5.25. The van der Waals surface area contributed by atoms with Crippen LogP contribution in [0.15, 0.2) is 47.4 Å². The summed E-state index contributed by atoms with van der Waals surface area (Å²) in [5.41, 5.74) is 1.88. The van der Waals surface area contributed by atoms with Crippen LogP contribution in [0.1, 0.15) is 21.5 Å². The molecule has 0 fully saturated rings. The molecular formula is C18H21NO5S. The van der Waals surface area contributed by atoms with E-state index >= 15 is 0 Å². The van der Waals surface area contributed by atoms with Gasteiger partial charge in [0.1, 0.15) is 5.75 Å². The van der Waals surface area contributed by atoms with E-state index in [0.717, 1.165) is 11.3 Å². The number of benzene rings is 2. The molecule has 0 aliphatic carbocycles. The molecule has 6 nitrogen and oxygen atoms in total. The Morgan fingerprint density at radius 3 is 2.36 bits per heavy atom. The third-order valence-electron chi connectivity index (χ3n) is 3.79. The summed E-state index contributed by atoms with van der Waals surface area (Å²) in [6, 6.07) is 11.8. The molecule has 0 radical (unpaired) electrons. The summed E-state index contributed by atoms with van der Waals surface area (Å²) in [5, 5.41) is 0. The van der Waals surface area contributed by atoms with Gasteiger partial charge in [-0.2, -0.15) is 0 Å². The maximum Gasteiger partial charge on any atom is 0.338 e.